The van der Waals surface area contributed by atoms with E-state index in [1.54, 1.807) is 6.07 Å². The lowest BCUT2D eigenvalue weighted by atomic mass is 10.2. The Morgan fingerprint density at radius 1 is 1.17 bits per heavy atom. The van der Waals surface area contributed by atoms with Crippen LogP contribution in [0.15, 0.2) is 42.5 Å². The Bertz CT molecular complexity index is 768. The Balaban J connectivity index is 2.02. The van der Waals surface area contributed by atoms with Gasteiger partial charge in [0.25, 0.3) is 0 Å². The number of rotatable bonds is 5. The van der Waals surface area contributed by atoms with Crippen LogP contribution >= 0.6 is 11.6 Å². The average Bonchev–Trinajstić information content (AvgIpc) is 2.50. The summed E-state index contributed by atoms with van der Waals surface area (Å²) in [5.74, 6) is -1.73. The largest absolute Gasteiger partial charge is 0.326 e. The molecule has 4 nitrogen and oxygen atoms in total. The quantitative estimate of drug-likeness (QED) is 0.884. The van der Waals surface area contributed by atoms with Gasteiger partial charge >= 0.3 is 0 Å². The number of anilines is 2. The van der Waals surface area contributed by atoms with Gasteiger partial charge in [-0.05, 0) is 36.4 Å². The average molecular weight is 353 g/mol. The van der Waals surface area contributed by atoms with Gasteiger partial charge in [0.05, 0.1) is 5.02 Å². The third-order valence-corrected chi connectivity index (χ3v) is 3.56. The van der Waals surface area contributed by atoms with E-state index in [0.717, 1.165) is 6.07 Å². The predicted molar refractivity (Wildman–Crippen MR) is 89.1 cm³/mol. The van der Waals surface area contributed by atoms with Gasteiger partial charge in [-0.2, -0.15) is 0 Å². The zero-order valence-electron chi connectivity index (χ0n) is 12.9. The number of carbonyl (C=O) groups is 2. The summed E-state index contributed by atoms with van der Waals surface area (Å²) >= 11 is 5.72. The summed E-state index contributed by atoms with van der Waals surface area (Å²) < 4.78 is 26.3. The van der Waals surface area contributed by atoms with Crippen LogP contribution in [0.5, 0.6) is 0 Å². The minimum atomic E-state index is -0.590. The van der Waals surface area contributed by atoms with Crippen LogP contribution in [0.4, 0.5) is 20.2 Å². The molecule has 0 atom stereocenters. The number of halogens is 3. The molecule has 0 saturated heterocycles. The fourth-order valence-electron chi connectivity index (χ4n) is 2.12. The third kappa shape index (κ3) is 4.76. The van der Waals surface area contributed by atoms with Crippen molar-refractivity contribution < 1.29 is 18.4 Å². The van der Waals surface area contributed by atoms with Crippen LogP contribution in [0, 0.1) is 11.6 Å². The third-order valence-electron chi connectivity index (χ3n) is 3.27. The van der Waals surface area contributed by atoms with Crippen molar-refractivity contribution in [2.75, 3.05) is 16.8 Å². The fourth-order valence-corrected chi connectivity index (χ4v) is 2.30. The molecule has 0 fully saturated rings. The second-order valence-corrected chi connectivity index (χ2v) is 5.48. The molecule has 0 radical (unpaired) electrons. The number of nitrogens with one attached hydrogen (secondary N) is 1. The van der Waals surface area contributed by atoms with Gasteiger partial charge in [-0.25, -0.2) is 8.78 Å². The van der Waals surface area contributed by atoms with Gasteiger partial charge < -0.3 is 10.2 Å². The van der Waals surface area contributed by atoms with E-state index in [0.29, 0.717) is 11.4 Å². The standard InChI is InChI=1S/C17H15ClF2N2O2/c1-11(23)22(14-5-6-16(20)15(18)10-14)8-7-17(24)21-13-4-2-3-12(19)9-13/h2-6,9-10H,7-8H2,1H3,(H,21,24). The molecule has 24 heavy (non-hydrogen) atoms. The Morgan fingerprint density at radius 3 is 2.54 bits per heavy atom. The SMILES string of the molecule is CC(=O)N(CCC(=O)Nc1cccc(F)c1)c1ccc(F)c(Cl)c1. The van der Waals surface area contributed by atoms with Gasteiger partial charge in [-0.15, -0.1) is 0 Å². The van der Waals surface area contributed by atoms with Gasteiger partial charge in [-0.1, -0.05) is 17.7 Å². The molecule has 126 valence electrons. The van der Waals surface area contributed by atoms with Gasteiger partial charge in [0.15, 0.2) is 0 Å². The van der Waals surface area contributed by atoms with Crippen molar-refractivity contribution in [3.05, 3.63) is 59.1 Å². The summed E-state index contributed by atoms with van der Waals surface area (Å²) in [6, 6.07) is 9.39. The molecule has 1 N–H and O–H groups in total. The van der Waals surface area contributed by atoms with Crippen LogP contribution in [0.3, 0.4) is 0 Å². The van der Waals surface area contributed by atoms with Crippen LogP contribution in [0.25, 0.3) is 0 Å². The van der Waals surface area contributed by atoms with Crippen molar-refractivity contribution in [3.63, 3.8) is 0 Å². The number of nitrogens with zero attached hydrogens (tertiary/aromatic N) is 1. The zero-order chi connectivity index (χ0) is 17.7. The Labute approximate surface area is 143 Å². The van der Waals surface area contributed by atoms with E-state index in [1.807, 2.05) is 0 Å². The molecule has 0 saturated carbocycles. The topological polar surface area (TPSA) is 49.4 Å². The second kappa shape index (κ2) is 7.88. The van der Waals surface area contributed by atoms with E-state index in [-0.39, 0.29) is 29.8 Å². The normalized spacial score (nSPS) is 10.3. The number of amides is 2. The molecule has 0 aliphatic heterocycles. The highest BCUT2D eigenvalue weighted by molar-refractivity contribution is 6.31. The van der Waals surface area contributed by atoms with Crippen LogP contribution in [-0.4, -0.2) is 18.4 Å². The summed E-state index contributed by atoms with van der Waals surface area (Å²) in [5, 5.41) is 2.44. The van der Waals surface area contributed by atoms with Crippen molar-refractivity contribution in [2.45, 2.75) is 13.3 Å². The summed E-state index contributed by atoms with van der Waals surface area (Å²) in [5.41, 5.74) is 0.728. The lowest BCUT2D eigenvalue weighted by Crippen LogP contribution is -2.32. The molecule has 0 bridgehead atoms. The first-order valence-corrected chi connectivity index (χ1v) is 7.53. The molecule has 7 heteroatoms. The van der Waals surface area contributed by atoms with Crippen LogP contribution in [0.1, 0.15) is 13.3 Å². The summed E-state index contributed by atoms with van der Waals surface area (Å²) in [6.45, 7) is 1.42. The van der Waals surface area contributed by atoms with Crippen molar-refractivity contribution in [3.8, 4) is 0 Å². The number of carbonyl (C=O) groups excluding carboxylic acids is 2. The van der Waals surface area contributed by atoms with Gasteiger partial charge in [0.2, 0.25) is 11.8 Å². The van der Waals surface area contributed by atoms with Crippen LogP contribution in [-0.2, 0) is 9.59 Å². The maximum atomic E-state index is 13.2. The van der Waals surface area contributed by atoms with Crippen molar-refractivity contribution in [1.82, 2.24) is 0 Å². The molecule has 0 aromatic heterocycles. The maximum absolute atomic E-state index is 13.2. The Hall–Kier alpha value is -2.47. The fraction of sp³-hybridized carbons (Fsp3) is 0.176. The van der Waals surface area contributed by atoms with Gasteiger partial charge in [-0.3, -0.25) is 9.59 Å². The molecule has 0 spiro atoms. The molecule has 2 aromatic rings. The first-order valence-electron chi connectivity index (χ1n) is 7.15. The monoisotopic (exact) mass is 352 g/mol. The number of benzene rings is 2. The van der Waals surface area contributed by atoms with E-state index >= 15 is 0 Å². The Morgan fingerprint density at radius 2 is 1.92 bits per heavy atom. The molecule has 0 aliphatic carbocycles. The second-order valence-electron chi connectivity index (χ2n) is 5.08. The lowest BCUT2D eigenvalue weighted by Gasteiger charge is -2.21. The molecule has 2 aromatic carbocycles. The van der Waals surface area contributed by atoms with E-state index in [2.05, 4.69) is 5.32 Å². The van der Waals surface area contributed by atoms with Crippen molar-refractivity contribution in [1.29, 1.82) is 0 Å². The summed E-state index contributed by atoms with van der Waals surface area (Å²) in [6.07, 6.45) is -0.00884. The van der Waals surface area contributed by atoms with E-state index in [9.17, 15) is 18.4 Å². The molecule has 2 amide bonds. The number of hydrogen-bond donors (Lipinski definition) is 1. The molecule has 0 aliphatic rings. The maximum Gasteiger partial charge on any atom is 0.226 e. The minimum absolute atomic E-state index is 0.00884. The minimum Gasteiger partial charge on any atom is -0.326 e. The zero-order valence-corrected chi connectivity index (χ0v) is 13.6. The predicted octanol–water partition coefficient (Wildman–Crippen LogP) is 4.00. The highest BCUT2D eigenvalue weighted by atomic mass is 35.5. The summed E-state index contributed by atoms with van der Waals surface area (Å²) in [4.78, 5) is 25.0. The highest BCUT2D eigenvalue weighted by Gasteiger charge is 2.15. The molecular formula is C17H15ClF2N2O2. The summed E-state index contributed by atoms with van der Waals surface area (Å²) in [7, 11) is 0. The van der Waals surface area contributed by atoms with Crippen molar-refractivity contribution >= 4 is 34.8 Å². The van der Waals surface area contributed by atoms with Gasteiger partial charge in [0, 0.05) is 31.3 Å². The number of hydrogen-bond acceptors (Lipinski definition) is 2. The van der Waals surface area contributed by atoms with E-state index in [4.69, 9.17) is 11.6 Å². The smallest absolute Gasteiger partial charge is 0.226 e. The van der Waals surface area contributed by atoms with Crippen LogP contribution < -0.4 is 10.2 Å². The molecule has 0 heterocycles. The molecule has 2 rings (SSSR count). The first-order chi connectivity index (χ1) is 11.4. The van der Waals surface area contributed by atoms with Crippen LogP contribution in [0.2, 0.25) is 5.02 Å². The van der Waals surface area contributed by atoms with Crippen molar-refractivity contribution in [2.24, 2.45) is 0 Å². The highest BCUT2D eigenvalue weighted by Crippen LogP contribution is 2.23. The first kappa shape index (κ1) is 17.9. The molecule has 0 unspecified atom stereocenters. The Kier molecular flexibility index (Phi) is 5.87. The van der Waals surface area contributed by atoms with Gasteiger partial charge in [0.1, 0.15) is 11.6 Å². The molecular weight excluding hydrogens is 338 g/mol. The lowest BCUT2D eigenvalue weighted by molar-refractivity contribution is -0.117. The van der Waals surface area contributed by atoms with E-state index < -0.39 is 11.6 Å². The van der Waals surface area contributed by atoms with E-state index in [1.165, 1.54) is 42.2 Å².